The zero-order chi connectivity index (χ0) is 44.6. The Hall–Kier alpha value is -7.42. The summed E-state index contributed by atoms with van der Waals surface area (Å²) in [6, 6.07) is 81.4. The van der Waals surface area contributed by atoms with Gasteiger partial charge in [-0.15, -0.1) is 0 Å². The molecule has 1 aromatic heterocycles. The topological polar surface area (TPSA) is 8.17 Å². The predicted octanol–water partition coefficient (Wildman–Crippen LogP) is 17.6. The molecule has 0 radical (unpaired) electrons. The molecular formula is C65H54N2. The van der Waals surface area contributed by atoms with Crippen molar-refractivity contribution in [2.75, 3.05) is 4.90 Å². The number of benzene rings is 9. The van der Waals surface area contributed by atoms with Gasteiger partial charge in [0.1, 0.15) is 0 Å². The number of hydrogen-bond acceptors (Lipinski definition) is 1. The Balaban J connectivity index is 0.952. The molecule has 5 unspecified atom stereocenters. The molecule has 2 bridgehead atoms. The molecule has 2 nitrogen and oxygen atoms in total. The quantitative estimate of drug-likeness (QED) is 0.155. The Morgan fingerprint density at radius 3 is 1.58 bits per heavy atom. The molecule has 2 fully saturated rings. The molecule has 1 spiro atoms. The lowest BCUT2D eigenvalue weighted by Gasteiger charge is -2.54. The lowest BCUT2D eigenvalue weighted by atomic mass is 9.49. The SMILES string of the molecule is CC1CC2CC(C)C3(c4ccccc4-c4cc(-c5ccc6c7ccc(N(c8ccc(-c9ccccc9)cc8)c8ccc(-c9ccccc9)cc8)cc7n(-c7ccccc7)c6c5)ccc43)C(C1)C2. The van der Waals surface area contributed by atoms with Crippen LogP contribution < -0.4 is 4.90 Å². The van der Waals surface area contributed by atoms with Crippen molar-refractivity contribution in [1.29, 1.82) is 0 Å². The summed E-state index contributed by atoms with van der Waals surface area (Å²) in [5.41, 5.74) is 20.4. The van der Waals surface area contributed by atoms with Crippen LogP contribution in [0.1, 0.15) is 50.7 Å². The van der Waals surface area contributed by atoms with E-state index in [4.69, 9.17) is 0 Å². The van der Waals surface area contributed by atoms with E-state index in [1.807, 2.05) is 0 Å². The first-order valence-corrected chi connectivity index (χ1v) is 24.5. The number of para-hydroxylation sites is 1. The Morgan fingerprint density at radius 1 is 0.403 bits per heavy atom. The third-order valence-corrected chi connectivity index (χ3v) is 16.1. The van der Waals surface area contributed by atoms with Crippen LogP contribution in [-0.4, -0.2) is 4.57 Å². The Morgan fingerprint density at radius 2 is 0.910 bits per heavy atom. The second-order valence-electron chi connectivity index (χ2n) is 20.0. The zero-order valence-electron chi connectivity index (χ0n) is 38.3. The van der Waals surface area contributed by atoms with Crippen LogP contribution in [0.2, 0.25) is 0 Å². The highest BCUT2D eigenvalue weighted by Crippen LogP contribution is 2.64. The zero-order valence-corrected chi connectivity index (χ0v) is 38.3. The maximum Gasteiger partial charge on any atom is 0.0561 e. The maximum absolute atomic E-state index is 2.57. The first-order chi connectivity index (χ1) is 33.0. The second kappa shape index (κ2) is 15.9. The molecule has 67 heavy (non-hydrogen) atoms. The Kier molecular flexibility index (Phi) is 9.46. The predicted molar refractivity (Wildman–Crippen MR) is 282 cm³/mol. The molecule has 3 aliphatic rings. The summed E-state index contributed by atoms with van der Waals surface area (Å²) in [6.45, 7) is 5.07. The van der Waals surface area contributed by atoms with Gasteiger partial charge in [-0.2, -0.15) is 0 Å². The average molecular weight is 863 g/mol. The number of rotatable bonds is 7. The number of fused-ring (bicyclic) bond motifs is 11. The van der Waals surface area contributed by atoms with Crippen LogP contribution in [0, 0.1) is 23.7 Å². The van der Waals surface area contributed by atoms with E-state index in [9.17, 15) is 0 Å². The first kappa shape index (κ1) is 39.9. The van der Waals surface area contributed by atoms with Gasteiger partial charge in [0.05, 0.1) is 11.0 Å². The van der Waals surface area contributed by atoms with Gasteiger partial charge in [-0.25, -0.2) is 0 Å². The Labute approximate surface area is 394 Å². The monoisotopic (exact) mass is 862 g/mol. The summed E-state index contributed by atoms with van der Waals surface area (Å²) < 4.78 is 2.48. The van der Waals surface area contributed by atoms with E-state index in [1.54, 1.807) is 11.1 Å². The van der Waals surface area contributed by atoms with Crippen LogP contribution in [-0.2, 0) is 5.41 Å². The largest absolute Gasteiger partial charge is 0.310 e. The summed E-state index contributed by atoms with van der Waals surface area (Å²) in [5, 5.41) is 2.49. The lowest BCUT2D eigenvalue weighted by molar-refractivity contribution is 0.0426. The number of nitrogens with zero attached hydrogens (tertiary/aromatic N) is 2. The van der Waals surface area contributed by atoms with Crippen molar-refractivity contribution in [3.63, 3.8) is 0 Å². The molecule has 13 rings (SSSR count). The van der Waals surface area contributed by atoms with Crippen LogP contribution in [0.5, 0.6) is 0 Å². The Bertz CT molecular complexity index is 3350. The minimum Gasteiger partial charge on any atom is -0.310 e. The van der Waals surface area contributed by atoms with Crippen LogP contribution in [0.3, 0.4) is 0 Å². The fraction of sp³-hybridized carbons (Fsp3) is 0.169. The van der Waals surface area contributed by atoms with Crippen molar-refractivity contribution >= 4 is 38.9 Å². The van der Waals surface area contributed by atoms with Gasteiger partial charge in [-0.05, 0) is 166 Å². The van der Waals surface area contributed by atoms with E-state index in [2.05, 4.69) is 242 Å². The normalized spacial score (nSPS) is 20.5. The van der Waals surface area contributed by atoms with Crippen molar-refractivity contribution in [3.8, 4) is 50.2 Å². The fourth-order valence-electron chi connectivity index (χ4n) is 13.4. The standard InChI is InChI=1S/C65H54N2/c1-43-36-45-38-44(2)65(52(37-43)39-45)61-21-13-12-20-57(61)60-40-50(27-35-62(60)65)51-26-33-58-59-34-32-56(42-64(59)67(63(58)41-51)53-18-10-5-11-19-53)66(54-28-22-48(23-29-54)46-14-6-3-7-15-46)55-30-24-49(25-31-55)47-16-8-4-9-17-47/h3-35,40-45,52H,36-39H2,1-2H3. The van der Waals surface area contributed by atoms with E-state index >= 15 is 0 Å². The molecule has 3 aliphatic carbocycles. The minimum absolute atomic E-state index is 0.0960. The van der Waals surface area contributed by atoms with Crippen LogP contribution >= 0.6 is 0 Å². The molecule has 10 aromatic rings. The van der Waals surface area contributed by atoms with Gasteiger partial charge < -0.3 is 9.47 Å². The van der Waals surface area contributed by atoms with Crippen molar-refractivity contribution in [2.45, 2.75) is 44.9 Å². The highest BCUT2D eigenvalue weighted by Gasteiger charge is 2.56. The molecular weight excluding hydrogens is 809 g/mol. The lowest BCUT2D eigenvalue weighted by Crippen LogP contribution is -2.49. The summed E-state index contributed by atoms with van der Waals surface area (Å²) in [6.07, 6.45) is 5.43. The number of aromatic nitrogens is 1. The average Bonchev–Trinajstić information content (AvgIpc) is 3.86. The van der Waals surface area contributed by atoms with Crippen molar-refractivity contribution < 1.29 is 0 Å². The van der Waals surface area contributed by atoms with Gasteiger partial charge in [0, 0.05) is 38.9 Å². The van der Waals surface area contributed by atoms with Crippen LogP contribution in [0.25, 0.3) is 72.0 Å². The van der Waals surface area contributed by atoms with Crippen LogP contribution in [0.4, 0.5) is 17.1 Å². The van der Waals surface area contributed by atoms with Gasteiger partial charge in [0.15, 0.2) is 0 Å². The first-order valence-electron chi connectivity index (χ1n) is 24.5. The highest BCUT2D eigenvalue weighted by molar-refractivity contribution is 6.11. The third-order valence-electron chi connectivity index (χ3n) is 16.1. The van der Waals surface area contributed by atoms with E-state index < -0.39 is 0 Å². The summed E-state index contributed by atoms with van der Waals surface area (Å²) >= 11 is 0. The van der Waals surface area contributed by atoms with E-state index in [0.29, 0.717) is 11.8 Å². The third kappa shape index (κ3) is 6.44. The molecule has 0 saturated heterocycles. The fourth-order valence-corrected chi connectivity index (χ4v) is 13.4. The van der Waals surface area contributed by atoms with Crippen molar-refractivity contribution in [2.24, 2.45) is 23.7 Å². The minimum atomic E-state index is 0.0960. The molecule has 9 aromatic carbocycles. The van der Waals surface area contributed by atoms with Gasteiger partial charge in [-0.1, -0.05) is 172 Å². The van der Waals surface area contributed by atoms with Crippen molar-refractivity contribution in [1.82, 2.24) is 4.57 Å². The van der Waals surface area contributed by atoms with Gasteiger partial charge >= 0.3 is 0 Å². The highest BCUT2D eigenvalue weighted by atomic mass is 15.1. The van der Waals surface area contributed by atoms with Gasteiger partial charge in [-0.3, -0.25) is 0 Å². The molecule has 2 heteroatoms. The molecule has 0 amide bonds. The van der Waals surface area contributed by atoms with Crippen LogP contribution in [0.15, 0.2) is 218 Å². The maximum atomic E-state index is 2.57. The smallest absolute Gasteiger partial charge is 0.0561 e. The van der Waals surface area contributed by atoms with E-state index in [1.165, 1.54) is 92.0 Å². The van der Waals surface area contributed by atoms with Crippen molar-refractivity contribution in [3.05, 3.63) is 230 Å². The summed E-state index contributed by atoms with van der Waals surface area (Å²) in [4.78, 5) is 2.40. The van der Waals surface area contributed by atoms with Gasteiger partial charge in [0.2, 0.25) is 0 Å². The number of anilines is 3. The molecule has 0 aliphatic heterocycles. The van der Waals surface area contributed by atoms with Gasteiger partial charge in [0.25, 0.3) is 0 Å². The molecule has 324 valence electrons. The molecule has 2 saturated carbocycles. The summed E-state index contributed by atoms with van der Waals surface area (Å²) in [7, 11) is 0. The van der Waals surface area contributed by atoms with E-state index in [-0.39, 0.29) is 5.41 Å². The molecule has 1 heterocycles. The number of hydrogen-bond donors (Lipinski definition) is 0. The summed E-state index contributed by atoms with van der Waals surface area (Å²) in [5.74, 6) is 2.98. The molecule has 0 N–H and O–H groups in total. The molecule has 5 atom stereocenters. The second-order valence-corrected chi connectivity index (χ2v) is 20.0. The van der Waals surface area contributed by atoms with E-state index in [0.717, 1.165) is 34.6 Å².